The Kier molecular flexibility index (Phi) is 7.68. The van der Waals surface area contributed by atoms with Crippen LogP contribution in [0, 0.1) is 11.3 Å². The number of benzene rings is 1. The lowest BCUT2D eigenvalue weighted by molar-refractivity contribution is -0.137. The van der Waals surface area contributed by atoms with Crippen LogP contribution >= 0.6 is 11.6 Å². The summed E-state index contributed by atoms with van der Waals surface area (Å²) in [7, 11) is -4.09. The third-order valence-electron chi connectivity index (χ3n) is 5.36. The fraction of sp³-hybridized carbons (Fsp3) is 0.600. The molecule has 1 aromatic rings. The highest BCUT2D eigenvalue weighted by Gasteiger charge is 2.33. The number of rotatable bonds is 5. The summed E-state index contributed by atoms with van der Waals surface area (Å²) in [5.41, 5.74) is 1.82. The summed E-state index contributed by atoms with van der Waals surface area (Å²) in [4.78, 5) is 12.3. The molecule has 0 heterocycles. The smallest absolute Gasteiger partial charge is 0.271 e. The van der Waals surface area contributed by atoms with Crippen LogP contribution in [-0.4, -0.2) is 32.8 Å². The normalized spacial score (nSPS) is 17.9. The van der Waals surface area contributed by atoms with Crippen LogP contribution < -0.4 is 9.73 Å². The van der Waals surface area contributed by atoms with Crippen molar-refractivity contribution >= 4 is 38.9 Å². The number of hydrazone groups is 1. The van der Waals surface area contributed by atoms with Crippen LogP contribution in [0.4, 0.5) is 18.9 Å². The van der Waals surface area contributed by atoms with Crippen LogP contribution in [-0.2, 0) is 21.0 Å². The van der Waals surface area contributed by atoms with Crippen LogP contribution in [0.1, 0.15) is 52.0 Å². The molecule has 0 aliphatic heterocycles. The highest BCUT2D eigenvalue weighted by molar-refractivity contribution is 7.92. The molecule has 1 aliphatic carbocycles. The molecule has 1 fully saturated rings. The van der Waals surface area contributed by atoms with Gasteiger partial charge in [-0.25, -0.2) is 13.8 Å². The van der Waals surface area contributed by atoms with E-state index < -0.39 is 39.9 Å². The first-order valence-corrected chi connectivity index (χ1v) is 12.0. The number of carbonyl (C=O) groups is 1. The predicted octanol–water partition coefficient (Wildman–Crippen LogP) is 4.83. The maximum absolute atomic E-state index is 13.0. The molecule has 1 saturated carbocycles. The van der Waals surface area contributed by atoms with Gasteiger partial charge in [0.05, 0.1) is 22.5 Å². The molecule has 1 aliphatic rings. The van der Waals surface area contributed by atoms with Crippen molar-refractivity contribution in [2.24, 2.45) is 16.4 Å². The van der Waals surface area contributed by atoms with Crippen molar-refractivity contribution in [1.29, 1.82) is 0 Å². The maximum Gasteiger partial charge on any atom is 0.416 e. The fourth-order valence-electron chi connectivity index (χ4n) is 3.50. The molecular weight excluding hydrogens is 455 g/mol. The van der Waals surface area contributed by atoms with Crippen molar-refractivity contribution in [2.75, 3.05) is 17.1 Å². The molecule has 31 heavy (non-hydrogen) atoms. The first kappa shape index (κ1) is 25.5. The van der Waals surface area contributed by atoms with Gasteiger partial charge in [0.2, 0.25) is 10.0 Å². The van der Waals surface area contributed by atoms with Gasteiger partial charge in [-0.2, -0.15) is 18.3 Å². The van der Waals surface area contributed by atoms with E-state index in [1.54, 1.807) is 0 Å². The Hall–Kier alpha value is -1.81. The molecule has 1 amide bonds. The Morgan fingerprint density at radius 3 is 2.29 bits per heavy atom. The number of amides is 1. The number of hydrogen-bond acceptors (Lipinski definition) is 4. The van der Waals surface area contributed by atoms with E-state index in [0.29, 0.717) is 16.3 Å². The minimum atomic E-state index is -4.69. The summed E-state index contributed by atoms with van der Waals surface area (Å²) in [6.07, 6.45) is -0.588. The van der Waals surface area contributed by atoms with Gasteiger partial charge in [-0.15, -0.1) is 0 Å². The summed E-state index contributed by atoms with van der Waals surface area (Å²) < 4.78 is 64.0. The van der Waals surface area contributed by atoms with E-state index in [4.69, 9.17) is 11.6 Å². The lowest BCUT2D eigenvalue weighted by Crippen LogP contribution is -2.39. The number of carbonyl (C=O) groups excluding carboxylic acids is 1. The number of sulfonamides is 1. The van der Waals surface area contributed by atoms with Gasteiger partial charge in [0.15, 0.2) is 0 Å². The minimum absolute atomic E-state index is 0.189. The number of hydrogen-bond donors (Lipinski definition) is 1. The molecule has 174 valence electrons. The number of alkyl halides is 3. The molecule has 2 rings (SSSR count). The molecule has 0 saturated heterocycles. The summed E-state index contributed by atoms with van der Waals surface area (Å²) >= 11 is 5.95. The van der Waals surface area contributed by atoms with Gasteiger partial charge in [-0.3, -0.25) is 9.10 Å². The van der Waals surface area contributed by atoms with Crippen molar-refractivity contribution in [2.45, 2.75) is 52.6 Å². The number of anilines is 1. The minimum Gasteiger partial charge on any atom is -0.271 e. The Balaban J connectivity index is 2.14. The second-order valence-electron chi connectivity index (χ2n) is 8.79. The highest BCUT2D eigenvalue weighted by Crippen LogP contribution is 2.37. The predicted molar refractivity (Wildman–Crippen MR) is 116 cm³/mol. The lowest BCUT2D eigenvalue weighted by atomic mass is 9.72. The fourth-order valence-corrected chi connectivity index (χ4v) is 4.63. The average Bonchev–Trinajstić information content (AvgIpc) is 2.63. The molecular formula is C20H27ClF3N3O3S. The molecule has 6 nitrogen and oxygen atoms in total. The van der Waals surface area contributed by atoms with E-state index >= 15 is 0 Å². The quantitative estimate of drug-likeness (QED) is 0.611. The largest absolute Gasteiger partial charge is 0.416 e. The van der Waals surface area contributed by atoms with E-state index in [0.717, 1.165) is 49.8 Å². The Bertz CT molecular complexity index is 947. The second kappa shape index (κ2) is 9.36. The summed E-state index contributed by atoms with van der Waals surface area (Å²) in [5, 5.41) is 3.87. The maximum atomic E-state index is 13.0. The standard InChI is InChI=1S/C20H27ClF3N3O3S/c1-19(2,3)13-5-8-15(9-6-13)25-26-18(28)12-27(31(4,29)30)17-11-14(20(22,23)24)7-10-16(17)21/h7,10-11,13H,5-6,8-9,12H2,1-4H3,(H,26,28). The third kappa shape index (κ3) is 7.10. The summed E-state index contributed by atoms with van der Waals surface area (Å²) in [6.45, 7) is 5.79. The van der Waals surface area contributed by atoms with Gasteiger partial charge in [0.25, 0.3) is 5.91 Å². The van der Waals surface area contributed by atoms with Crippen LogP contribution in [0.5, 0.6) is 0 Å². The Labute approximate surface area is 185 Å². The number of nitrogens with one attached hydrogen (secondary N) is 1. The Morgan fingerprint density at radius 2 is 1.81 bits per heavy atom. The van der Waals surface area contributed by atoms with E-state index in [1.807, 2.05) is 0 Å². The average molecular weight is 482 g/mol. The third-order valence-corrected chi connectivity index (χ3v) is 6.80. The van der Waals surface area contributed by atoms with Crippen molar-refractivity contribution in [3.8, 4) is 0 Å². The molecule has 1 N–H and O–H groups in total. The molecule has 0 atom stereocenters. The summed E-state index contributed by atoms with van der Waals surface area (Å²) in [5.74, 6) is -0.227. The van der Waals surface area contributed by atoms with Crippen LogP contribution in [0.3, 0.4) is 0 Å². The molecule has 0 aromatic heterocycles. The molecule has 0 spiro atoms. The van der Waals surface area contributed by atoms with E-state index in [-0.39, 0.29) is 10.4 Å². The summed E-state index contributed by atoms with van der Waals surface area (Å²) in [6, 6.07) is 2.30. The van der Waals surface area contributed by atoms with Gasteiger partial charge in [0.1, 0.15) is 6.54 Å². The zero-order valence-electron chi connectivity index (χ0n) is 17.9. The van der Waals surface area contributed by atoms with E-state index in [1.165, 1.54) is 0 Å². The van der Waals surface area contributed by atoms with Gasteiger partial charge in [0, 0.05) is 5.71 Å². The van der Waals surface area contributed by atoms with Gasteiger partial charge < -0.3 is 0 Å². The molecule has 0 unspecified atom stereocenters. The van der Waals surface area contributed by atoms with Crippen molar-refractivity contribution in [3.63, 3.8) is 0 Å². The molecule has 0 radical (unpaired) electrons. The molecule has 0 bridgehead atoms. The number of halogens is 4. The van der Waals surface area contributed by atoms with E-state index in [2.05, 4.69) is 31.3 Å². The van der Waals surface area contributed by atoms with Crippen molar-refractivity contribution in [1.82, 2.24) is 5.43 Å². The van der Waals surface area contributed by atoms with Crippen molar-refractivity contribution in [3.05, 3.63) is 28.8 Å². The first-order chi connectivity index (χ1) is 14.1. The van der Waals surface area contributed by atoms with Gasteiger partial charge in [-0.1, -0.05) is 32.4 Å². The van der Waals surface area contributed by atoms with Crippen LogP contribution in [0.25, 0.3) is 0 Å². The first-order valence-electron chi connectivity index (χ1n) is 9.78. The van der Waals surface area contributed by atoms with Crippen LogP contribution in [0.15, 0.2) is 23.3 Å². The Morgan fingerprint density at radius 1 is 1.23 bits per heavy atom. The monoisotopic (exact) mass is 481 g/mol. The van der Waals surface area contributed by atoms with E-state index in [9.17, 15) is 26.4 Å². The van der Waals surface area contributed by atoms with Crippen LogP contribution in [0.2, 0.25) is 5.02 Å². The number of nitrogens with zero attached hydrogens (tertiary/aromatic N) is 2. The zero-order valence-corrected chi connectivity index (χ0v) is 19.5. The lowest BCUT2D eigenvalue weighted by Gasteiger charge is -2.34. The topological polar surface area (TPSA) is 78.8 Å². The zero-order chi connectivity index (χ0) is 23.6. The molecule has 1 aromatic carbocycles. The van der Waals surface area contributed by atoms with Crippen molar-refractivity contribution < 1.29 is 26.4 Å². The second-order valence-corrected chi connectivity index (χ2v) is 11.1. The molecule has 11 heteroatoms. The SMILES string of the molecule is CC(C)(C)C1CCC(=NNC(=O)CN(c2cc(C(F)(F)F)ccc2Cl)S(C)(=O)=O)CC1. The van der Waals surface area contributed by atoms with Gasteiger partial charge >= 0.3 is 6.18 Å². The highest BCUT2D eigenvalue weighted by atomic mass is 35.5. The van der Waals surface area contributed by atoms with Gasteiger partial charge in [-0.05, 0) is 55.2 Å².